The van der Waals surface area contributed by atoms with Crippen molar-refractivity contribution >= 4 is 11.9 Å². The van der Waals surface area contributed by atoms with E-state index in [1.54, 1.807) is 26.0 Å². The van der Waals surface area contributed by atoms with E-state index in [0.29, 0.717) is 23.7 Å². The summed E-state index contributed by atoms with van der Waals surface area (Å²) < 4.78 is 73.2. The zero-order chi connectivity index (χ0) is 34.9. The molecule has 1 amide bonds. The van der Waals surface area contributed by atoms with Crippen molar-refractivity contribution in [1.29, 1.82) is 0 Å². The molecule has 2 aliphatic rings. The molecule has 0 spiro atoms. The van der Waals surface area contributed by atoms with E-state index in [9.17, 15) is 37.1 Å². The Kier molecular flexibility index (Phi) is 10.4. The number of pyridine rings is 1. The highest BCUT2D eigenvalue weighted by atomic mass is 19.4. The van der Waals surface area contributed by atoms with Gasteiger partial charge in [-0.15, -0.1) is 0 Å². The number of amides is 1. The molecule has 2 N–H and O–H groups in total. The Morgan fingerprint density at radius 2 is 1.77 bits per heavy atom. The number of benzene rings is 2. The minimum absolute atomic E-state index is 0.00693. The van der Waals surface area contributed by atoms with Crippen LogP contribution in [0, 0.1) is 24.5 Å². The van der Waals surface area contributed by atoms with E-state index in [4.69, 9.17) is 0 Å². The first-order valence-electron chi connectivity index (χ1n) is 16.3. The SMILES string of the molecule is Cc1cc(-c2cc(F)ccc2C2CC2)cc([C@H](CC(=O)O)NC(=O)C(CC(C)C)n2cc(CCN3CCC3)c(C(F)(F)F)cc2=O)c1F. The number of hydrogen-bond acceptors (Lipinski definition) is 4. The summed E-state index contributed by atoms with van der Waals surface area (Å²) in [7, 11) is 0. The number of likely N-dealkylation sites (tertiary alicyclic amines) is 1. The van der Waals surface area contributed by atoms with Crippen LogP contribution in [0.5, 0.6) is 0 Å². The maximum absolute atomic E-state index is 15.8. The fourth-order valence-corrected chi connectivity index (χ4v) is 6.39. The summed E-state index contributed by atoms with van der Waals surface area (Å²) in [5.41, 5.74) is -0.319. The van der Waals surface area contributed by atoms with Crippen LogP contribution in [0.15, 0.2) is 47.4 Å². The van der Waals surface area contributed by atoms with Gasteiger partial charge in [-0.2, -0.15) is 13.2 Å². The van der Waals surface area contributed by atoms with Crippen LogP contribution in [0.2, 0.25) is 0 Å². The highest BCUT2D eigenvalue weighted by Gasteiger charge is 2.36. The summed E-state index contributed by atoms with van der Waals surface area (Å²) in [5.74, 6) is -3.40. The molecule has 1 unspecified atom stereocenters. The van der Waals surface area contributed by atoms with E-state index in [1.807, 2.05) is 4.90 Å². The van der Waals surface area contributed by atoms with Crippen LogP contribution in [0.25, 0.3) is 11.1 Å². The van der Waals surface area contributed by atoms with Crippen LogP contribution in [0.1, 0.15) is 91.8 Å². The number of aryl methyl sites for hydroxylation is 1. The molecule has 1 aromatic heterocycles. The molecule has 0 bridgehead atoms. The van der Waals surface area contributed by atoms with Crippen LogP contribution in [0.4, 0.5) is 22.0 Å². The van der Waals surface area contributed by atoms with Gasteiger partial charge in [0.25, 0.3) is 5.56 Å². The molecular formula is C36H40F5N3O4. The van der Waals surface area contributed by atoms with E-state index < -0.39 is 59.3 Å². The molecule has 2 atom stereocenters. The van der Waals surface area contributed by atoms with E-state index in [1.165, 1.54) is 25.1 Å². The second-order valence-electron chi connectivity index (χ2n) is 13.4. The lowest BCUT2D eigenvalue weighted by Gasteiger charge is -2.31. The van der Waals surface area contributed by atoms with Gasteiger partial charge in [-0.3, -0.25) is 14.4 Å². The van der Waals surface area contributed by atoms with Gasteiger partial charge in [0.15, 0.2) is 0 Å². The number of carbonyl (C=O) groups excluding carboxylic acids is 1. The highest BCUT2D eigenvalue weighted by molar-refractivity contribution is 5.82. The Morgan fingerprint density at radius 3 is 2.35 bits per heavy atom. The van der Waals surface area contributed by atoms with Crippen LogP contribution in [0.3, 0.4) is 0 Å². The topological polar surface area (TPSA) is 91.6 Å². The van der Waals surface area contributed by atoms with Crippen molar-refractivity contribution in [2.75, 3.05) is 19.6 Å². The summed E-state index contributed by atoms with van der Waals surface area (Å²) >= 11 is 0. The second-order valence-corrected chi connectivity index (χ2v) is 13.4. The fourth-order valence-electron chi connectivity index (χ4n) is 6.39. The smallest absolute Gasteiger partial charge is 0.416 e. The number of rotatable bonds is 13. The number of nitrogens with zero attached hydrogens (tertiary/aromatic N) is 2. The van der Waals surface area contributed by atoms with Crippen molar-refractivity contribution in [3.05, 3.63) is 92.4 Å². The molecule has 1 saturated carbocycles. The quantitative estimate of drug-likeness (QED) is 0.188. The van der Waals surface area contributed by atoms with Crippen molar-refractivity contribution in [3.63, 3.8) is 0 Å². The molecule has 2 heterocycles. The van der Waals surface area contributed by atoms with Crippen molar-refractivity contribution in [1.82, 2.24) is 14.8 Å². The van der Waals surface area contributed by atoms with Gasteiger partial charge in [0.05, 0.1) is 18.0 Å². The molecule has 48 heavy (non-hydrogen) atoms. The standard InChI is InChI=1S/C36H40F5N3O4/c1-20(2)13-31(44-19-23(9-12-43-10-4-11-43)29(17-32(44)45)36(39,40)41)35(48)42-30(18-33(46)47)28-15-24(14-21(3)34(28)38)27-16-25(37)7-8-26(27)22-5-6-22/h7-8,14-17,19-20,22,30-31H,4-6,9-13,18H2,1-3H3,(H,42,48)(H,46,47)/t30-,31?/m0/s1. The van der Waals surface area contributed by atoms with Crippen LogP contribution >= 0.6 is 0 Å². The molecule has 1 aliphatic heterocycles. The molecule has 1 aliphatic carbocycles. The molecule has 2 aromatic carbocycles. The lowest BCUT2D eigenvalue weighted by Crippen LogP contribution is -2.41. The number of carboxylic acid groups (broad SMARTS) is 1. The van der Waals surface area contributed by atoms with Gasteiger partial charge < -0.3 is 19.9 Å². The molecular weight excluding hydrogens is 633 g/mol. The number of hydrogen-bond donors (Lipinski definition) is 2. The van der Waals surface area contributed by atoms with Gasteiger partial charge >= 0.3 is 12.1 Å². The number of halogens is 5. The monoisotopic (exact) mass is 673 g/mol. The Labute approximate surface area is 275 Å². The molecule has 7 nitrogen and oxygen atoms in total. The van der Waals surface area contributed by atoms with Crippen LogP contribution in [-0.4, -0.2) is 46.1 Å². The first-order valence-corrected chi connectivity index (χ1v) is 16.3. The molecule has 5 rings (SSSR count). The first kappa shape index (κ1) is 35.3. The van der Waals surface area contributed by atoms with E-state index >= 15 is 4.39 Å². The van der Waals surface area contributed by atoms with Crippen LogP contribution < -0.4 is 10.9 Å². The predicted molar refractivity (Wildman–Crippen MR) is 171 cm³/mol. The van der Waals surface area contributed by atoms with E-state index in [2.05, 4.69) is 5.32 Å². The third-order valence-electron chi connectivity index (χ3n) is 9.14. The fraction of sp³-hybridized carbons (Fsp3) is 0.472. The maximum atomic E-state index is 15.8. The molecule has 2 fully saturated rings. The van der Waals surface area contributed by atoms with Crippen molar-refractivity contribution in [3.8, 4) is 11.1 Å². The zero-order valence-corrected chi connectivity index (χ0v) is 27.2. The average molecular weight is 674 g/mol. The summed E-state index contributed by atoms with van der Waals surface area (Å²) in [4.78, 5) is 41.2. The summed E-state index contributed by atoms with van der Waals surface area (Å²) in [5, 5.41) is 12.4. The molecule has 12 heteroatoms. The Morgan fingerprint density at radius 1 is 1.06 bits per heavy atom. The van der Waals surface area contributed by atoms with Gasteiger partial charge in [0, 0.05) is 24.4 Å². The number of carbonyl (C=O) groups is 2. The minimum Gasteiger partial charge on any atom is -0.481 e. The summed E-state index contributed by atoms with van der Waals surface area (Å²) in [6.45, 7) is 6.93. The first-order chi connectivity index (χ1) is 22.6. The lowest BCUT2D eigenvalue weighted by molar-refractivity contribution is -0.139. The van der Waals surface area contributed by atoms with Gasteiger partial charge in [-0.25, -0.2) is 8.78 Å². The average Bonchev–Trinajstić information content (AvgIpc) is 3.81. The van der Waals surface area contributed by atoms with Crippen molar-refractivity contribution in [2.24, 2.45) is 5.92 Å². The minimum atomic E-state index is -4.79. The number of nitrogens with one attached hydrogen (secondary N) is 1. The number of carboxylic acids is 1. The third kappa shape index (κ3) is 8.14. The maximum Gasteiger partial charge on any atom is 0.416 e. The number of alkyl halides is 3. The largest absolute Gasteiger partial charge is 0.481 e. The molecule has 1 saturated heterocycles. The van der Waals surface area contributed by atoms with Gasteiger partial charge in [-0.1, -0.05) is 19.9 Å². The molecule has 258 valence electrons. The summed E-state index contributed by atoms with van der Waals surface area (Å²) in [6, 6.07) is 5.14. The van der Waals surface area contributed by atoms with Gasteiger partial charge in [0.1, 0.15) is 17.7 Å². The molecule has 3 aromatic rings. The molecule has 0 radical (unpaired) electrons. The van der Waals surface area contributed by atoms with Gasteiger partial charge in [0.2, 0.25) is 5.91 Å². The zero-order valence-electron chi connectivity index (χ0n) is 27.2. The predicted octanol–water partition coefficient (Wildman–Crippen LogP) is 7.17. The number of aliphatic carboxylic acids is 1. The Hall–Kier alpha value is -4.06. The van der Waals surface area contributed by atoms with Crippen LogP contribution in [-0.2, 0) is 22.2 Å². The van der Waals surface area contributed by atoms with E-state index in [-0.39, 0.29) is 41.4 Å². The Bertz CT molecular complexity index is 1740. The highest BCUT2D eigenvalue weighted by Crippen LogP contribution is 2.45. The van der Waals surface area contributed by atoms with Crippen molar-refractivity contribution in [2.45, 2.75) is 83.5 Å². The van der Waals surface area contributed by atoms with E-state index in [0.717, 1.165) is 48.7 Å². The lowest BCUT2D eigenvalue weighted by atomic mass is 9.91. The Balaban J connectivity index is 1.53. The second kappa shape index (κ2) is 14.2. The normalized spacial score (nSPS) is 16.4. The third-order valence-corrected chi connectivity index (χ3v) is 9.14. The van der Waals surface area contributed by atoms with Gasteiger partial charge in [-0.05, 0) is 116 Å². The van der Waals surface area contributed by atoms with Crippen molar-refractivity contribution < 1.29 is 36.6 Å². The summed E-state index contributed by atoms with van der Waals surface area (Å²) in [6.07, 6.45) is -1.59. The number of aromatic nitrogens is 1.